The number of rotatable bonds is 3. The van der Waals surface area contributed by atoms with Gasteiger partial charge in [-0.15, -0.1) is 0 Å². The maximum atomic E-state index is 12.9. The van der Waals surface area contributed by atoms with E-state index >= 15 is 0 Å². The molecule has 1 aliphatic carbocycles. The highest BCUT2D eigenvalue weighted by molar-refractivity contribution is 6.30. The van der Waals surface area contributed by atoms with Gasteiger partial charge in [0.2, 0.25) is 5.91 Å². The van der Waals surface area contributed by atoms with Crippen molar-refractivity contribution in [1.29, 1.82) is 0 Å². The van der Waals surface area contributed by atoms with Crippen LogP contribution in [0.4, 0.5) is 0 Å². The Hall–Kier alpha value is -1.87. The third-order valence-corrected chi connectivity index (χ3v) is 5.25. The number of halogens is 1. The Kier molecular flexibility index (Phi) is 3.82. The van der Waals surface area contributed by atoms with Crippen LogP contribution in [-0.4, -0.2) is 22.3 Å². The van der Waals surface area contributed by atoms with Gasteiger partial charge in [0.05, 0.1) is 6.04 Å². The molecule has 1 aliphatic heterocycles. The third-order valence-electron chi connectivity index (χ3n) is 5.01. The summed E-state index contributed by atoms with van der Waals surface area (Å²) in [4.78, 5) is 19.1. The monoisotopic (exact) mass is 326 g/mol. The largest absolute Gasteiger partial charge is 0.335 e. The van der Waals surface area contributed by atoms with Gasteiger partial charge in [-0.25, -0.2) is 0 Å². The number of hydrogen-bond donors (Lipinski definition) is 0. The minimum atomic E-state index is 0.121. The number of carbonyl (C=O) groups excluding carboxylic acids is 1. The van der Waals surface area contributed by atoms with Crippen LogP contribution >= 0.6 is 11.6 Å². The number of carbonyl (C=O) groups is 1. The second-order valence-corrected chi connectivity index (χ2v) is 6.91. The van der Waals surface area contributed by atoms with Crippen molar-refractivity contribution in [1.82, 2.24) is 9.88 Å². The number of pyridine rings is 1. The predicted octanol–water partition coefficient (Wildman–Crippen LogP) is 4.20. The second-order valence-electron chi connectivity index (χ2n) is 6.47. The average molecular weight is 327 g/mol. The van der Waals surface area contributed by atoms with E-state index in [1.807, 2.05) is 42.7 Å². The van der Waals surface area contributed by atoms with E-state index in [1.54, 1.807) is 0 Å². The van der Waals surface area contributed by atoms with Crippen molar-refractivity contribution in [3.8, 4) is 0 Å². The summed E-state index contributed by atoms with van der Waals surface area (Å²) in [5, 5.41) is 0.747. The molecule has 4 rings (SSSR count). The first-order valence-corrected chi connectivity index (χ1v) is 8.57. The van der Waals surface area contributed by atoms with E-state index in [2.05, 4.69) is 16.0 Å². The minimum Gasteiger partial charge on any atom is -0.335 e. The molecule has 2 aliphatic rings. The molecule has 4 heteroatoms. The summed E-state index contributed by atoms with van der Waals surface area (Å²) in [7, 11) is 0. The third kappa shape index (κ3) is 2.86. The smallest absolute Gasteiger partial charge is 0.226 e. The fourth-order valence-corrected chi connectivity index (χ4v) is 3.95. The SMILES string of the molecule is O=C([C@@H]1C[C@H]1c1cccc(Cl)c1)N1CCC[C@@H]1c1ccncc1. The van der Waals surface area contributed by atoms with Gasteiger partial charge in [-0.2, -0.15) is 0 Å². The van der Waals surface area contributed by atoms with E-state index in [1.165, 1.54) is 11.1 Å². The Labute approximate surface area is 141 Å². The summed E-state index contributed by atoms with van der Waals surface area (Å²) in [6, 6.07) is 12.2. The van der Waals surface area contributed by atoms with Crippen molar-refractivity contribution in [3.63, 3.8) is 0 Å². The van der Waals surface area contributed by atoms with Crippen molar-refractivity contribution in [2.75, 3.05) is 6.54 Å². The van der Waals surface area contributed by atoms with Gasteiger partial charge in [0, 0.05) is 29.9 Å². The predicted molar refractivity (Wildman–Crippen MR) is 90.2 cm³/mol. The maximum Gasteiger partial charge on any atom is 0.226 e. The second kappa shape index (κ2) is 5.97. The number of aromatic nitrogens is 1. The van der Waals surface area contributed by atoms with Gasteiger partial charge in [0.1, 0.15) is 0 Å². The van der Waals surface area contributed by atoms with Gasteiger partial charge in [0.25, 0.3) is 0 Å². The van der Waals surface area contributed by atoms with Crippen molar-refractivity contribution < 1.29 is 4.79 Å². The standard InChI is InChI=1S/C19H19ClN2O/c20-15-4-1-3-14(11-15)16-12-17(16)19(23)22-10-2-5-18(22)13-6-8-21-9-7-13/h1,3-4,6-9,11,16-18H,2,5,10,12H2/t16-,17+,18+/m0/s1. The molecule has 23 heavy (non-hydrogen) atoms. The quantitative estimate of drug-likeness (QED) is 0.846. The molecule has 0 unspecified atom stereocenters. The highest BCUT2D eigenvalue weighted by Gasteiger charge is 2.47. The molecule has 1 aromatic carbocycles. The zero-order chi connectivity index (χ0) is 15.8. The fraction of sp³-hybridized carbons (Fsp3) is 0.368. The van der Waals surface area contributed by atoms with Crippen LogP contribution in [0.15, 0.2) is 48.8 Å². The molecular weight excluding hydrogens is 308 g/mol. The van der Waals surface area contributed by atoms with Gasteiger partial charge in [-0.05, 0) is 60.6 Å². The number of benzene rings is 1. The van der Waals surface area contributed by atoms with E-state index < -0.39 is 0 Å². The maximum absolute atomic E-state index is 12.9. The first kappa shape index (κ1) is 14.7. The fourth-order valence-electron chi connectivity index (χ4n) is 3.75. The lowest BCUT2D eigenvalue weighted by Crippen LogP contribution is -2.32. The van der Waals surface area contributed by atoms with Crippen molar-refractivity contribution in [2.24, 2.45) is 5.92 Å². The van der Waals surface area contributed by atoms with E-state index in [0.29, 0.717) is 11.8 Å². The normalized spacial score (nSPS) is 26.3. The lowest BCUT2D eigenvalue weighted by molar-refractivity contribution is -0.133. The molecule has 0 radical (unpaired) electrons. The van der Waals surface area contributed by atoms with Gasteiger partial charge >= 0.3 is 0 Å². The zero-order valence-electron chi connectivity index (χ0n) is 12.9. The van der Waals surface area contributed by atoms with Crippen molar-refractivity contribution in [2.45, 2.75) is 31.2 Å². The molecule has 0 N–H and O–H groups in total. The molecule has 1 saturated carbocycles. The zero-order valence-corrected chi connectivity index (χ0v) is 13.6. The Bertz CT molecular complexity index is 718. The lowest BCUT2D eigenvalue weighted by Gasteiger charge is -2.25. The summed E-state index contributed by atoms with van der Waals surface area (Å²) in [5.41, 5.74) is 2.39. The number of hydrogen-bond acceptors (Lipinski definition) is 2. The van der Waals surface area contributed by atoms with Crippen LogP contribution in [0.1, 0.15) is 42.3 Å². The average Bonchev–Trinajstić information content (AvgIpc) is 3.23. The van der Waals surface area contributed by atoms with Crippen LogP contribution in [0.2, 0.25) is 5.02 Å². The molecule has 2 aromatic rings. The molecule has 1 amide bonds. The van der Waals surface area contributed by atoms with Crippen LogP contribution in [0.5, 0.6) is 0 Å². The molecule has 3 atom stereocenters. The van der Waals surface area contributed by atoms with Gasteiger partial charge in [-0.3, -0.25) is 9.78 Å². The summed E-state index contributed by atoms with van der Waals surface area (Å²) in [5.74, 6) is 0.755. The van der Waals surface area contributed by atoms with E-state index in [9.17, 15) is 4.79 Å². The van der Waals surface area contributed by atoms with E-state index in [4.69, 9.17) is 11.6 Å². The Balaban J connectivity index is 1.49. The highest BCUT2D eigenvalue weighted by atomic mass is 35.5. The Morgan fingerprint density at radius 2 is 2.00 bits per heavy atom. The molecule has 0 spiro atoms. The van der Waals surface area contributed by atoms with E-state index in [-0.39, 0.29) is 12.0 Å². The summed E-state index contributed by atoms with van der Waals surface area (Å²) >= 11 is 6.07. The van der Waals surface area contributed by atoms with Crippen LogP contribution in [-0.2, 0) is 4.79 Å². The molecule has 0 bridgehead atoms. The van der Waals surface area contributed by atoms with Gasteiger partial charge < -0.3 is 4.90 Å². The van der Waals surface area contributed by atoms with Crippen LogP contribution < -0.4 is 0 Å². The van der Waals surface area contributed by atoms with E-state index in [0.717, 1.165) is 30.8 Å². The first-order valence-electron chi connectivity index (χ1n) is 8.20. The van der Waals surface area contributed by atoms with Gasteiger partial charge in [0.15, 0.2) is 0 Å². The molecular formula is C19H19ClN2O. The van der Waals surface area contributed by atoms with Gasteiger partial charge in [-0.1, -0.05) is 23.7 Å². The summed E-state index contributed by atoms with van der Waals surface area (Å²) in [6.45, 7) is 0.866. The molecule has 3 nitrogen and oxygen atoms in total. The van der Waals surface area contributed by atoms with Crippen LogP contribution in [0.3, 0.4) is 0 Å². The number of likely N-dealkylation sites (tertiary alicyclic amines) is 1. The molecule has 118 valence electrons. The molecule has 2 heterocycles. The van der Waals surface area contributed by atoms with Crippen molar-refractivity contribution >= 4 is 17.5 Å². The Morgan fingerprint density at radius 1 is 1.17 bits per heavy atom. The number of nitrogens with zero attached hydrogens (tertiary/aromatic N) is 2. The summed E-state index contributed by atoms with van der Waals surface area (Å²) in [6.07, 6.45) is 6.68. The molecule has 2 fully saturated rings. The van der Waals surface area contributed by atoms with Crippen LogP contribution in [0.25, 0.3) is 0 Å². The van der Waals surface area contributed by atoms with Crippen LogP contribution in [0, 0.1) is 5.92 Å². The highest BCUT2D eigenvalue weighted by Crippen LogP contribution is 2.50. The number of amides is 1. The topological polar surface area (TPSA) is 33.2 Å². The lowest BCUT2D eigenvalue weighted by atomic mass is 10.1. The minimum absolute atomic E-state index is 0.121. The summed E-state index contributed by atoms with van der Waals surface area (Å²) < 4.78 is 0. The first-order chi connectivity index (χ1) is 11.2. The molecule has 1 aromatic heterocycles. The van der Waals surface area contributed by atoms with Crippen molar-refractivity contribution in [3.05, 3.63) is 64.9 Å². The Morgan fingerprint density at radius 3 is 2.78 bits per heavy atom. The molecule has 1 saturated heterocycles.